The molecule has 0 saturated carbocycles. The SMILES string of the molecule is C=CCOC(=O)c1sc(N2C(=O)C(O)=C(C(=O)c3ccco3)C2c2cccc(OCC)c2)nc1C. The number of ketones is 1. The fraction of sp³-hybridized carbons (Fsp3) is 0.200. The molecule has 1 aliphatic rings. The van der Waals surface area contributed by atoms with E-state index in [2.05, 4.69) is 11.6 Å². The zero-order chi connectivity index (χ0) is 25.1. The van der Waals surface area contributed by atoms with E-state index in [4.69, 9.17) is 13.9 Å². The number of aliphatic hydroxyl groups excluding tert-OH is 1. The molecule has 1 N–H and O–H groups in total. The zero-order valence-electron chi connectivity index (χ0n) is 19.0. The van der Waals surface area contributed by atoms with Crippen LogP contribution in [0.25, 0.3) is 0 Å². The van der Waals surface area contributed by atoms with Gasteiger partial charge in [0.1, 0.15) is 17.2 Å². The number of furan rings is 1. The molecule has 1 unspecified atom stereocenters. The van der Waals surface area contributed by atoms with Crippen molar-refractivity contribution in [2.45, 2.75) is 19.9 Å². The van der Waals surface area contributed by atoms with Crippen LogP contribution in [0.3, 0.4) is 0 Å². The maximum absolute atomic E-state index is 13.3. The van der Waals surface area contributed by atoms with Gasteiger partial charge in [0.25, 0.3) is 5.91 Å². The van der Waals surface area contributed by atoms with E-state index in [9.17, 15) is 19.5 Å². The van der Waals surface area contributed by atoms with Crippen molar-refractivity contribution in [2.24, 2.45) is 0 Å². The van der Waals surface area contributed by atoms with Crippen molar-refractivity contribution in [3.63, 3.8) is 0 Å². The molecule has 9 nitrogen and oxygen atoms in total. The Bertz CT molecular complexity index is 1320. The van der Waals surface area contributed by atoms with E-state index < -0.39 is 29.5 Å². The minimum atomic E-state index is -1.04. The molecule has 4 rings (SSSR count). The molecule has 0 fully saturated rings. The average Bonchev–Trinajstić information content (AvgIpc) is 3.57. The van der Waals surface area contributed by atoms with E-state index in [0.717, 1.165) is 11.3 Å². The summed E-state index contributed by atoms with van der Waals surface area (Å²) in [6.45, 7) is 7.40. The van der Waals surface area contributed by atoms with Crippen LogP contribution >= 0.6 is 11.3 Å². The summed E-state index contributed by atoms with van der Waals surface area (Å²) in [4.78, 5) is 44.8. The molecule has 0 spiro atoms. The normalized spacial score (nSPS) is 15.4. The third-order valence-corrected chi connectivity index (χ3v) is 6.33. The number of rotatable bonds is 9. The maximum Gasteiger partial charge on any atom is 0.350 e. The van der Waals surface area contributed by atoms with Gasteiger partial charge in [-0.1, -0.05) is 36.1 Å². The van der Waals surface area contributed by atoms with Crippen molar-refractivity contribution >= 4 is 34.1 Å². The third kappa shape index (κ3) is 4.47. The molecule has 10 heteroatoms. The van der Waals surface area contributed by atoms with Crippen LogP contribution in [-0.2, 0) is 9.53 Å². The summed E-state index contributed by atoms with van der Waals surface area (Å²) < 4.78 is 15.9. The molecule has 1 atom stereocenters. The molecule has 0 radical (unpaired) electrons. The number of nitrogens with zero attached hydrogens (tertiary/aromatic N) is 2. The minimum absolute atomic E-state index is 0.0190. The van der Waals surface area contributed by atoms with Crippen LogP contribution in [0.1, 0.15) is 44.4 Å². The molecule has 0 bridgehead atoms. The van der Waals surface area contributed by atoms with Crippen LogP contribution in [0.4, 0.5) is 5.13 Å². The number of aromatic nitrogens is 1. The van der Waals surface area contributed by atoms with Crippen LogP contribution in [0.2, 0.25) is 0 Å². The molecule has 180 valence electrons. The first-order chi connectivity index (χ1) is 16.9. The lowest BCUT2D eigenvalue weighted by molar-refractivity contribution is -0.117. The van der Waals surface area contributed by atoms with Crippen LogP contribution in [-0.4, -0.2) is 41.0 Å². The molecule has 3 heterocycles. The van der Waals surface area contributed by atoms with Gasteiger partial charge in [-0.05, 0) is 43.7 Å². The highest BCUT2D eigenvalue weighted by Gasteiger charge is 2.47. The fourth-order valence-corrected chi connectivity index (χ4v) is 4.69. The molecule has 35 heavy (non-hydrogen) atoms. The number of thiazole rings is 1. The van der Waals surface area contributed by atoms with Gasteiger partial charge in [0, 0.05) is 0 Å². The summed E-state index contributed by atoms with van der Waals surface area (Å²) in [6.07, 6.45) is 2.77. The van der Waals surface area contributed by atoms with Crippen molar-refractivity contribution in [3.05, 3.63) is 88.5 Å². The van der Waals surface area contributed by atoms with Gasteiger partial charge in [-0.2, -0.15) is 0 Å². The van der Waals surface area contributed by atoms with Crippen LogP contribution in [0, 0.1) is 6.92 Å². The van der Waals surface area contributed by atoms with Gasteiger partial charge in [-0.25, -0.2) is 9.78 Å². The number of esters is 1. The number of hydrogen-bond donors (Lipinski definition) is 1. The Kier molecular flexibility index (Phi) is 6.83. The van der Waals surface area contributed by atoms with Gasteiger partial charge < -0.3 is 19.0 Å². The maximum atomic E-state index is 13.3. The lowest BCUT2D eigenvalue weighted by Crippen LogP contribution is -2.31. The van der Waals surface area contributed by atoms with Crippen LogP contribution < -0.4 is 9.64 Å². The van der Waals surface area contributed by atoms with Crippen LogP contribution in [0.15, 0.2) is 71.1 Å². The van der Waals surface area contributed by atoms with E-state index in [-0.39, 0.29) is 27.9 Å². The number of amides is 1. The molecule has 1 aromatic carbocycles. The summed E-state index contributed by atoms with van der Waals surface area (Å²) in [5.41, 5.74) is 0.688. The summed E-state index contributed by atoms with van der Waals surface area (Å²) in [5.74, 6) is -2.31. The molecular weight excluding hydrogens is 472 g/mol. The second-order valence-corrected chi connectivity index (χ2v) is 8.43. The Morgan fingerprint density at radius 3 is 2.80 bits per heavy atom. The number of carbonyl (C=O) groups is 3. The summed E-state index contributed by atoms with van der Waals surface area (Å²) in [5, 5.41) is 11.0. The predicted octanol–water partition coefficient (Wildman–Crippen LogP) is 4.57. The fourth-order valence-electron chi connectivity index (χ4n) is 3.71. The topological polar surface area (TPSA) is 119 Å². The van der Waals surface area contributed by atoms with E-state index in [1.165, 1.54) is 29.4 Å². The lowest BCUT2D eigenvalue weighted by Gasteiger charge is -2.24. The lowest BCUT2D eigenvalue weighted by atomic mass is 9.95. The number of anilines is 1. The number of carbonyl (C=O) groups excluding carboxylic acids is 3. The first-order valence-electron chi connectivity index (χ1n) is 10.7. The van der Waals surface area contributed by atoms with Gasteiger partial charge in [0.15, 0.2) is 16.7 Å². The monoisotopic (exact) mass is 494 g/mol. The molecule has 0 saturated heterocycles. The number of ether oxygens (including phenoxy) is 2. The Morgan fingerprint density at radius 2 is 2.11 bits per heavy atom. The summed E-state index contributed by atoms with van der Waals surface area (Å²) in [7, 11) is 0. The number of benzene rings is 1. The Morgan fingerprint density at radius 1 is 1.31 bits per heavy atom. The molecule has 1 aliphatic heterocycles. The van der Waals surface area contributed by atoms with Crippen molar-refractivity contribution in [3.8, 4) is 5.75 Å². The van der Waals surface area contributed by atoms with E-state index in [1.807, 2.05) is 6.92 Å². The number of aryl methyl sites for hydroxylation is 1. The van der Waals surface area contributed by atoms with Gasteiger partial charge >= 0.3 is 5.97 Å². The Hall–Kier alpha value is -4.18. The molecule has 2 aromatic heterocycles. The minimum Gasteiger partial charge on any atom is -0.503 e. The van der Waals surface area contributed by atoms with Crippen molar-refractivity contribution in [2.75, 3.05) is 18.1 Å². The second kappa shape index (κ2) is 9.98. The highest BCUT2D eigenvalue weighted by Crippen LogP contribution is 2.44. The van der Waals surface area contributed by atoms with Crippen molar-refractivity contribution in [1.82, 2.24) is 4.98 Å². The van der Waals surface area contributed by atoms with Gasteiger partial charge in [0.05, 0.1) is 30.2 Å². The van der Waals surface area contributed by atoms with Gasteiger partial charge in [0.2, 0.25) is 5.78 Å². The zero-order valence-corrected chi connectivity index (χ0v) is 19.8. The number of Topliss-reactive ketones (excluding diaryl/α,β-unsaturated/α-hetero) is 1. The predicted molar refractivity (Wildman–Crippen MR) is 128 cm³/mol. The average molecular weight is 495 g/mol. The molecule has 0 aliphatic carbocycles. The molecule has 3 aromatic rings. The quantitative estimate of drug-likeness (QED) is 0.261. The Balaban J connectivity index is 1.83. The largest absolute Gasteiger partial charge is 0.503 e. The smallest absolute Gasteiger partial charge is 0.350 e. The summed E-state index contributed by atoms with van der Waals surface area (Å²) in [6, 6.07) is 8.80. The van der Waals surface area contributed by atoms with E-state index in [1.54, 1.807) is 31.2 Å². The summed E-state index contributed by atoms with van der Waals surface area (Å²) >= 11 is 0.927. The third-order valence-electron chi connectivity index (χ3n) is 5.19. The van der Waals surface area contributed by atoms with Gasteiger partial charge in [-0.15, -0.1) is 0 Å². The number of aliphatic hydroxyl groups is 1. The van der Waals surface area contributed by atoms with Crippen molar-refractivity contribution in [1.29, 1.82) is 0 Å². The van der Waals surface area contributed by atoms with Gasteiger partial charge in [-0.3, -0.25) is 14.5 Å². The van der Waals surface area contributed by atoms with E-state index in [0.29, 0.717) is 23.6 Å². The second-order valence-electron chi connectivity index (χ2n) is 7.45. The molecule has 1 amide bonds. The number of hydrogen-bond acceptors (Lipinski definition) is 9. The van der Waals surface area contributed by atoms with Crippen LogP contribution in [0.5, 0.6) is 5.75 Å². The first kappa shape index (κ1) is 24.0. The Labute approximate surface area is 204 Å². The van der Waals surface area contributed by atoms with Crippen molar-refractivity contribution < 1.29 is 33.4 Å². The van der Waals surface area contributed by atoms with E-state index >= 15 is 0 Å². The highest BCUT2D eigenvalue weighted by molar-refractivity contribution is 7.17. The first-order valence-corrected chi connectivity index (χ1v) is 11.5. The highest BCUT2D eigenvalue weighted by atomic mass is 32.1. The molecular formula is C25H22N2O7S. The standard InChI is InChI=1S/C25H22N2O7S/c1-4-11-34-24(31)22-14(3)26-25(35-22)27-19(15-8-6-9-16(13-15)32-5-2)18(21(29)23(27)30)20(28)17-10-7-12-33-17/h4,6-10,12-13,19,29H,1,5,11H2,2-3H3.